The first kappa shape index (κ1) is 15.9. The molecule has 2 nitrogen and oxygen atoms in total. The van der Waals surface area contributed by atoms with Crippen LogP contribution in [0.25, 0.3) is 0 Å². The van der Waals surface area contributed by atoms with Gasteiger partial charge in [-0.1, -0.05) is 54.9 Å². The van der Waals surface area contributed by atoms with E-state index in [2.05, 4.69) is 54.2 Å². The Bertz CT molecular complexity index is 573. The maximum Gasteiger partial charge on any atom is 0.123 e. The highest BCUT2D eigenvalue weighted by Crippen LogP contribution is 2.30. The zero-order valence-corrected chi connectivity index (χ0v) is 14.4. The van der Waals surface area contributed by atoms with Gasteiger partial charge in [0.1, 0.15) is 12.4 Å². The summed E-state index contributed by atoms with van der Waals surface area (Å²) in [7, 11) is 0. The van der Waals surface area contributed by atoms with Crippen molar-refractivity contribution in [3.8, 4) is 5.75 Å². The Morgan fingerprint density at radius 1 is 1.00 bits per heavy atom. The molecule has 0 aliphatic heterocycles. The molecule has 1 N–H and O–H groups in total. The van der Waals surface area contributed by atoms with E-state index in [1.807, 2.05) is 36.4 Å². The van der Waals surface area contributed by atoms with Crippen molar-refractivity contribution in [2.45, 2.75) is 26.2 Å². The van der Waals surface area contributed by atoms with Gasteiger partial charge < -0.3 is 10.1 Å². The molecular formula is C18H22BrNO. The quantitative estimate of drug-likeness (QED) is 0.747. The van der Waals surface area contributed by atoms with Gasteiger partial charge >= 0.3 is 0 Å². The van der Waals surface area contributed by atoms with Crippen LogP contribution in [0.2, 0.25) is 0 Å². The second kappa shape index (κ2) is 6.99. The molecule has 0 spiro atoms. The van der Waals surface area contributed by atoms with Crippen molar-refractivity contribution < 1.29 is 4.74 Å². The zero-order chi connectivity index (χ0) is 15.3. The number of benzene rings is 2. The molecule has 0 aromatic heterocycles. The van der Waals surface area contributed by atoms with Crippen molar-refractivity contribution in [3.63, 3.8) is 0 Å². The van der Waals surface area contributed by atoms with Gasteiger partial charge in [-0.05, 0) is 41.3 Å². The van der Waals surface area contributed by atoms with E-state index in [1.54, 1.807) is 0 Å². The van der Waals surface area contributed by atoms with E-state index >= 15 is 0 Å². The third-order valence-corrected chi connectivity index (χ3v) is 3.76. The van der Waals surface area contributed by atoms with Crippen LogP contribution in [0.15, 0.2) is 53.0 Å². The van der Waals surface area contributed by atoms with Gasteiger partial charge in [0.25, 0.3) is 0 Å². The van der Waals surface area contributed by atoms with Gasteiger partial charge in [0.2, 0.25) is 0 Å². The Labute approximate surface area is 135 Å². The van der Waals surface area contributed by atoms with E-state index in [4.69, 9.17) is 4.74 Å². The SMILES string of the molecule is CC(C)(C)c1ccccc1OCCNc1ccc(Br)cc1. The standard InChI is InChI=1S/C18H22BrNO/c1-18(2,3)16-6-4-5-7-17(16)21-13-12-20-15-10-8-14(19)9-11-15/h4-11,20H,12-13H2,1-3H3. The number of halogens is 1. The average molecular weight is 348 g/mol. The van der Waals surface area contributed by atoms with Gasteiger partial charge in [0, 0.05) is 16.7 Å². The van der Waals surface area contributed by atoms with Crippen molar-refractivity contribution in [1.29, 1.82) is 0 Å². The van der Waals surface area contributed by atoms with Crippen LogP contribution >= 0.6 is 15.9 Å². The van der Waals surface area contributed by atoms with Gasteiger partial charge in [-0.2, -0.15) is 0 Å². The van der Waals surface area contributed by atoms with E-state index < -0.39 is 0 Å². The summed E-state index contributed by atoms with van der Waals surface area (Å²) in [6.07, 6.45) is 0. The van der Waals surface area contributed by atoms with Crippen LogP contribution in [-0.4, -0.2) is 13.2 Å². The van der Waals surface area contributed by atoms with E-state index in [1.165, 1.54) is 5.56 Å². The lowest BCUT2D eigenvalue weighted by molar-refractivity contribution is 0.323. The first-order chi connectivity index (χ1) is 9.97. The maximum atomic E-state index is 5.94. The monoisotopic (exact) mass is 347 g/mol. The molecule has 0 aliphatic carbocycles. The fraction of sp³-hybridized carbons (Fsp3) is 0.333. The molecule has 0 bridgehead atoms. The Hall–Kier alpha value is -1.48. The Kier molecular flexibility index (Phi) is 5.29. The predicted octanol–water partition coefficient (Wildman–Crippen LogP) is 5.24. The average Bonchev–Trinajstić information content (AvgIpc) is 2.45. The van der Waals surface area contributed by atoms with E-state index in [9.17, 15) is 0 Å². The number of anilines is 1. The summed E-state index contributed by atoms with van der Waals surface area (Å²) in [6.45, 7) is 8.03. The summed E-state index contributed by atoms with van der Waals surface area (Å²) in [5.74, 6) is 0.975. The predicted molar refractivity (Wildman–Crippen MR) is 93.3 cm³/mol. The van der Waals surface area contributed by atoms with Crippen LogP contribution < -0.4 is 10.1 Å². The fourth-order valence-electron chi connectivity index (χ4n) is 2.14. The Morgan fingerprint density at radius 3 is 2.33 bits per heavy atom. The summed E-state index contributed by atoms with van der Waals surface area (Å²) in [6, 6.07) is 16.4. The highest BCUT2D eigenvalue weighted by molar-refractivity contribution is 9.10. The molecule has 0 unspecified atom stereocenters. The van der Waals surface area contributed by atoms with Gasteiger partial charge in [-0.25, -0.2) is 0 Å². The molecule has 21 heavy (non-hydrogen) atoms. The number of ether oxygens (including phenoxy) is 1. The van der Waals surface area contributed by atoms with E-state index in [0.717, 1.165) is 22.5 Å². The molecule has 112 valence electrons. The number of rotatable bonds is 5. The largest absolute Gasteiger partial charge is 0.491 e. The zero-order valence-electron chi connectivity index (χ0n) is 12.8. The first-order valence-electron chi connectivity index (χ1n) is 7.18. The van der Waals surface area contributed by atoms with Crippen LogP contribution in [-0.2, 0) is 5.41 Å². The van der Waals surface area contributed by atoms with Crippen LogP contribution in [0.5, 0.6) is 5.75 Å². The van der Waals surface area contributed by atoms with Crippen LogP contribution in [0.4, 0.5) is 5.69 Å². The van der Waals surface area contributed by atoms with E-state index in [0.29, 0.717) is 6.61 Å². The van der Waals surface area contributed by atoms with Crippen molar-refractivity contribution >= 4 is 21.6 Å². The van der Waals surface area contributed by atoms with Crippen LogP contribution in [0.1, 0.15) is 26.3 Å². The highest BCUT2D eigenvalue weighted by atomic mass is 79.9. The molecule has 0 radical (unpaired) electrons. The molecule has 3 heteroatoms. The molecule has 0 amide bonds. The molecule has 0 aliphatic rings. The normalized spacial score (nSPS) is 11.2. The number of nitrogens with one attached hydrogen (secondary N) is 1. The lowest BCUT2D eigenvalue weighted by Crippen LogP contribution is -2.16. The summed E-state index contributed by atoms with van der Waals surface area (Å²) in [5.41, 5.74) is 2.44. The lowest BCUT2D eigenvalue weighted by atomic mass is 9.86. The molecule has 0 saturated heterocycles. The maximum absolute atomic E-state index is 5.94. The van der Waals surface area contributed by atoms with Gasteiger partial charge in [-0.3, -0.25) is 0 Å². The summed E-state index contributed by atoms with van der Waals surface area (Å²) < 4.78 is 7.02. The Balaban J connectivity index is 1.88. The molecular weight excluding hydrogens is 326 g/mol. The minimum atomic E-state index is 0.0930. The number of hydrogen-bond donors (Lipinski definition) is 1. The van der Waals surface area contributed by atoms with Crippen molar-refractivity contribution in [2.24, 2.45) is 0 Å². The van der Waals surface area contributed by atoms with E-state index in [-0.39, 0.29) is 5.41 Å². The lowest BCUT2D eigenvalue weighted by Gasteiger charge is -2.22. The second-order valence-electron chi connectivity index (χ2n) is 6.03. The molecule has 0 fully saturated rings. The van der Waals surface area contributed by atoms with Gasteiger partial charge in [0.05, 0.1) is 0 Å². The molecule has 2 aromatic carbocycles. The third-order valence-electron chi connectivity index (χ3n) is 3.23. The highest BCUT2D eigenvalue weighted by Gasteiger charge is 2.18. The third kappa shape index (κ3) is 4.78. The number of para-hydroxylation sites is 1. The van der Waals surface area contributed by atoms with Crippen molar-refractivity contribution in [2.75, 3.05) is 18.5 Å². The minimum Gasteiger partial charge on any atom is -0.491 e. The molecule has 0 atom stereocenters. The summed E-state index contributed by atoms with van der Waals surface area (Å²) in [4.78, 5) is 0. The smallest absolute Gasteiger partial charge is 0.123 e. The summed E-state index contributed by atoms with van der Waals surface area (Å²) in [5, 5.41) is 3.35. The Morgan fingerprint density at radius 2 is 1.67 bits per heavy atom. The fourth-order valence-corrected chi connectivity index (χ4v) is 2.40. The van der Waals surface area contributed by atoms with Crippen LogP contribution in [0.3, 0.4) is 0 Å². The van der Waals surface area contributed by atoms with Gasteiger partial charge in [0.15, 0.2) is 0 Å². The molecule has 0 heterocycles. The first-order valence-corrected chi connectivity index (χ1v) is 7.98. The second-order valence-corrected chi connectivity index (χ2v) is 6.94. The topological polar surface area (TPSA) is 21.3 Å². The molecule has 2 aromatic rings. The number of hydrogen-bond acceptors (Lipinski definition) is 2. The summed E-state index contributed by atoms with van der Waals surface area (Å²) >= 11 is 3.43. The minimum absolute atomic E-state index is 0.0930. The van der Waals surface area contributed by atoms with Gasteiger partial charge in [-0.15, -0.1) is 0 Å². The van der Waals surface area contributed by atoms with Crippen molar-refractivity contribution in [1.82, 2.24) is 0 Å². The molecule has 0 saturated carbocycles. The van der Waals surface area contributed by atoms with Crippen molar-refractivity contribution in [3.05, 3.63) is 58.6 Å². The molecule has 2 rings (SSSR count). The van der Waals surface area contributed by atoms with Crippen LogP contribution in [0, 0.1) is 0 Å².